The van der Waals surface area contributed by atoms with Crippen LogP contribution in [0.1, 0.15) is 5.56 Å². The summed E-state index contributed by atoms with van der Waals surface area (Å²) in [6.07, 6.45) is 0. The van der Waals surface area contributed by atoms with E-state index in [1.807, 2.05) is 17.5 Å². The van der Waals surface area contributed by atoms with Crippen LogP contribution in [0.25, 0.3) is 16.4 Å². The minimum absolute atomic E-state index is 0.474. The molecular weight excluding hydrogens is 304 g/mol. The molecule has 1 N–H and O–H groups in total. The van der Waals surface area contributed by atoms with Gasteiger partial charge in [0.15, 0.2) is 10.6 Å². The third kappa shape index (κ3) is 2.35. The Morgan fingerprint density at radius 1 is 1.43 bits per heavy atom. The van der Waals surface area contributed by atoms with E-state index < -0.39 is 0 Å². The van der Waals surface area contributed by atoms with E-state index in [2.05, 4.69) is 16.3 Å². The first-order valence-electron chi connectivity index (χ1n) is 6.04. The zero-order chi connectivity index (χ0) is 14.8. The standard InChI is InChI=1S/C14H10N4OS2/c1-19-11-7-9(8-15)4-5-10(11)18-13(16-17-14(18)20)12-3-2-6-21-12/h2-7H,1H3,(H,17,20). The van der Waals surface area contributed by atoms with Gasteiger partial charge in [-0.1, -0.05) is 6.07 Å². The van der Waals surface area contributed by atoms with Crippen molar-refractivity contribution >= 4 is 23.6 Å². The summed E-state index contributed by atoms with van der Waals surface area (Å²) in [5.74, 6) is 1.29. The molecular formula is C14H10N4OS2. The topological polar surface area (TPSA) is 66.6 Å². The summed E-state index contributed by atoms with van der Waals surface area (Å²) < 4.78 is 7.66. The van der Waals surface area contributed by atoms with E-state index in [1.165, 1.54) is 0 Å². The predicted molar refractivity (Wildman–Crippen MR) is 83.3 cm³/mol. The van der Waals surface area contributed by atoms with Gasteiger partial charge in [0, 0.05) is 6.07 Å². The van der Waals surface area contributed by atoms with Crippen LogP contribution < -0.4 is 4.74 Å². The molecule has 21 heavy (non-hydrogen) atoms. The number of nitrogens with one attached hydrogen (secondary N) is 1. The fourth-order valence-electron chi connectivity index (χ4n) is 2.02. The number of aromatic amines is 1. The van der Waals surface area contributed by atoms with E-state index in [0.29, 0.717) is 16.1 Å². The summed E-state index contributed by atoms with van der Waals surface area (Å²) in [7, 11) is 1.56. The first-order valence-corrected chi connectivity index (χ1v) is 7.33. The highest BCUT2D eigenvalue weighted by atomic mass is 32.1. The molecule has 0 saturated carbocycles. The van der Waals surface area contributed by atoms with Crippen LogP contribution in [0.3, 0.4) is 0 Å². The van der Waals surface area contributed by atoms with E-state index >= 15 is 0 Å². The fraction of sp³-hybridized carbons (Fsp3) is 0.0714. The molecule has 0 aliphatic rings. The highest BCUT2D eigenvalue weighted by Crippen LogP contribution is 2.30. The highest BCUT2D eigenvalue weighted by molar-refractivity contribution is 7.71. The molecule has 0 saturated heterocycles. The van der Waals surface area contributed by atoms with Gasteiger partial charge in [-0.25, -0.2) is 0 Å². The Balaban J connectivity index is 2.25. The highest BCUT2D eigenvalue weighted by Gasteiger charge is 2.15. The Morgan fingerprint density at radius 2 is 2.29 bits per heavy atom. The molecule has 0 radical (unpaired) electrons. The van der Waals surface area contributed by atoms with E-state index in [1.54, 1.807) is 41.2 Å². The molecule has 3 rings (SSSR count). The summed E-state index contributed by atoms with van der Waals surface area (Å²) in [6, 6.07) is 11.2. The molecule has 1 aromatic carbocycles. The second-order valence-corrected chi connectivity index (χ2v) is 5.50. The zero-order valence-electron chi connectivity index (χ0n) is 11.0. The Morgan fingerprint density at radius 3 is 2.95 bits per heavy atom. The summed E-state index contributed by atoms with van der Waals surface area (Å²) in [4.78, 5) is 0.994. The molecule has 0 atom stereocenters. The SMILES string of the molecule is COc1cc(C#N)ccc1-n1c(-c2cccs2)n[nH]c1=S. The second-order valence-electron chi connectivity index (χ2n) is 4.16. The lowest BCUT2D eigenvalue weighted by molar-refractivity contribution is 0.412. The monoisotopic (exact) mass is 314 g/mol. The van der Waals surface area contributed by atoms with E-state index in [0.717, 1.165) is 16.4 Å². The van der Waals surface area contributed by atoms with Crippen molar-refractivity contribution < 1.29 is 4.74 Å². The maximum atomic E-state index is 8.99. The lowest BCUT2D eigenvalue weighted by atomic mass is 10.2. The van der Waals surface area contributed by atoms with Crippen molar-refractivity contribution in [1.29, 1.82) is 5.26 Å². The van der Waals surface area contributed by atoms with E-state index in [-0.39, 0.29) is 0 Å². The van der Waals surface area contributed by atoms with Crippen molar-refractivity contribution in [3.8, 4) is 28.2 Å². The van der Waals surface area contributed by atoms with Gasteiger partial charge in [0.1, 0.15) is 5.75 Å². The molecule has 5 nitrogen and oxygen atoms in total. The minimum Gasteiger partial charge on any atom is -0.495 e. The van der Waals surface area contributed by atoms with Crippen LogP contribution in [-0.4, -0.2) is 21.9 Å². The van der Waals surface area contributed by atoms with Gasteiger partial charge in [-0.15, -0.1) is 11.3 Å². The van der Waals surface area contributed by atoms with Crippen LogP contribution in [0.2, 0.25) is 0 Å². The fourth-order valence-corrected chi connectivity index (χ4v) is 2.96. The first kappa shape index (κ1) is 13.5. The van der Waals surface area contributed by atoms with Gasteiger partial charge >= 0.3 is 0 Å². The quantitative estimate of drug-likeness (QED) is 0.751. The number of H-pyrrole nitrogens is 1. The van der Waals surface area contributed by atoms with Gasteiger partial charge in [-0.2, -0.15) is 10.4 Å². The number of benzene rings is 1. The molecule has 0 aliphatic carbocycles. The molecule has 0 bridgehead atoms. The van der Waals surface area contributed by atoms with E-state index in [9.17, 15) is 0 Å². The van der Waals surface area contributed by atoms with Crippen LogP contribution in [0.15, 0.2) is 35.7 Å². The van der Waals surface area contributed by atoms with Gasteiger partial charge in [0.25, 0.3) is 0 Å². The van der Waals surface area contributed by atoms with Crippen molar-refractivity contribution in [3.05, 3.63) is 46.0 Å². The molecule has 7 heteroatoms. The minimum atomic E-state index is 0.474. The number of ether oxygens (including phenoxy) is 1. The maximum absolute atomic E-state index is 8.99. The van der Waals surface area contributed by atoms with Gasteiger partial charge < -0.3 is 4.74 Å². The van der Waals surface area contributed by atoms with Crippen molar-refractivity contribution in [2.24, 2.45) is 0 Å². The van der Waals surface area contributed by atoms with Crippen LogP contribution in [-0.2, 0) is 0 Å². The normalized spacial score (nSPS) is 10.3. The van der Waals surface area contributed by atoms with Gasteiger partial charge in [0.2, 0.25) is 0 Å². The Bertz CT molecular complexity index is 871. The predicted octanol–water partition coefficient (Wildman–Crippen LogP) is 3.54. The lowest BCUT2D eigenvalue weighted by Crippen LogP contribution is -2.00. The Kier molecular flexibility index (Phi) is 3.56. The second kappa shape index (κ2) is 5.52. The smallest absolute Gasteiger partial charge is 0.200 e. The van der Waals surface area contributed by atoms with Crippen LogP contribution in [0.4, 0.5) is 0 Å². The summed E-state index contributed by atoms with van der Waals surface area (Å²) in [5, 5.41) is 18.1. The largest absolute Gasteiger partial charge is 0.495 e. The molecule has 0 aliphatic heterocycles. The third-order valence-corrected chi connectivity index (χ3v) is 4.10. The first-order chi connectivity index (χ1) is 10.2. The van der Waals surface area contributed by atoms with Gasteiger partial charge in [-0.05, 0) is 35.8 Å². The molecule has 0 spiro atoms. The Labute approximate surface area is 130 Å². The molecule has 2 heterocycles. The average molecular weight is 314 g/mol. The van der Waals surface area contributed by atoms with Crippen molar-refractivity contribution in [1.82, 2.24) is 14.8 Å². The number of nitriles is 1. The lowest BCUT2D eigenvalue weighted by Gasteiger charge is -2.11. The van der Waals surface area contributed by atoms with E-state index in [4.69, 9.17) is 22.2 Å². The maximum Gasteiger partial charge on any atom is 0.200 e. The number of hydrogen-bond acceptors (Lipinski definition) is 5. The van der Waals surface area contributed by atoms with Crippen molar-refractivity contribution in [2.45, 2.75) is 0 Å². The van der Waals surface area contributed by atoms with Crippen molar-refractivity contribution in [3.63, 3.8) is 0 Å². The van der Waals surface area contributed by atoms with Crippen LogP contribution in [0, 0.1) is 16.1 Å². The number of aromatic nitrogens is 3. The molecule has 0 unspecified atom stereocenters. The number of hydrogen-bond donors (Lipinski definition) is 1. The number of nitrogens with zero attached hydrogens (tertiary/aromatic N) is 3. The molecule has 0 amide bonds. The number of rotatable bonds is 3. The van der Waals surface area contributed by atoms with Crippen LogP contribution in [0.5, 0.6) is 5.75 Å². The number of methoxy groups -OCH3 is 1. The van der Waals surface area contributed by atoms with Gasteiger partial charge in [0.05, 0.1) is 29.3 Å². The Hall–Kier alpha value is -2.43. The number of thiophene rings is 1. The third-order valence-electron chi connectivity index (χ3n) is 2.96. The van der Waals surface area contributed by atoms with Crippen LogP contribution >= 0.6 is 23.6 Å². The molecule has 2 aromatic heterocycles. The summed E-state index contributed by atoms with van der Waals surface area (Å²) in [6.45, 7) is 0. The van der Waals surface area contributed by atoms with Gasteiger partial charge in [-0.3, -0.25) is 9.67 Å². The zero-order valence-corrected chi connectivity index (χ0v) is 12.7. The molecule has 3 aromatic rings. The summed E-state index contributed by atoms with van der Waals surface area (Å²) >= 11 is 6.90. The molecule has 104 valence electrons. The summed E-state index contributed by atoms with van der Waals surface area (Å²) in [5.41, 5.74) is 1.28. The van der Waals surface area contributed by atoms with Crippen molar-refractivity contribution in [2.75, 3.05) is 7.11 Å². The average Bonchev–Trinajstić information content (AvgIpc) is 3.15. The molecule has 0 fully saturated rings.